The lowest BCUT2D eigenvalue weighted by molar-refractivity contribution is 0.784. The molecule has 4 aromatic rings. The van der Waals surface area contributed by atoms with Crippen molar-refractivity contribution in [2.24, 2.45) is 7.05 Å². The molecule has 2 N–H and O–H groups in total. The molecule has 0 bridgehead atoms. The van der Waals surface area contributed by atoms with Crippen molar-refractivity contribution >= 4 is 35.0 Å². The van der Waals surface area contributed by atoms with Crippen molar-refractivity contribution in [2.75, 3.05) is 10.6 Å². The number of imidazole rings is 1. The number of aryl methyl sites for hydroxylation is 5. The van der Waals surface area contributed by atoms with Gasteiger partial charge in [0.15, 0.2) is 5.16 Å². The van der Waals surface area contributed by atoms with Crippen LogP contribution in [0.3, 0.4) is 0 Å². The molecule has 2 aromatic heterocycles. The van der Waals surface area contributed by atoms with Gasteiger partial charge in [-0.05, 0) is 86.0 Å². The first kappa shape index (κ1) is 20.9. The van der Waals surface area contributed by atoms with E-state index in [1.165, 1.54) is 34.0 Å². The van der Waals surface area contributed by atoms with Crippen LogP contribution < -0.4 is 10.6 Å². The number of nitrogens with zero attached hydrogens (tertiary/aromatic N) is 5. The minimum Gasteiger partial charge on any atom is -0.329 e. The van der Waals surface area contributed by atoms with E-state index in [0.29, 0.717) is 17.1 Å². The van der Waals surface area contributed by atoms with Crippen LogP contribution in [0, 0.1) is 27.7 Å². The maximum atomic E-state index is 4.61. The van der Waals surface area contributed by atoms with E-state index < -0.39 is 0 Å². The van der Waals surface area contributed by atoms with Crippen LogP contribution in [0.1, 0.15) is 22.3 Å². The fraction of sp³-hybridized carbons (Fsp3) is 0.217. The third-order valence-corrected chi connectivity index (χ3v) is 6.04. The summed E-state index contributed by atoms with van der Waals surface area (Å²) in [6.07, 6.45) is 3.65. The maximum absolute atomic E-state index is 4.61. The maximum Gasteiger partial charge on any atom is 0.233 e. The lowest BCUT2D eigenvalue weighted by Gasteiger charge is -2.12. The van der Waals surface area contributed by atoms with Crippen LogP contribution in [0.4, 0.5) is 23.3 Å². The summed E-state index contributed by atoms with van der Waals surface area (Å²) < 4.78 is 1.93. The zero-order valence-corrected chi connectivity index (χ0v) is 19.1. The largest absolute Gasteiger partial charge is 0.329 e. The average Bonchev–Trinajstić information content (AvgIpc) is 3.12. The monoisotopic (exact) mass is 431 g/mol. The summed E-state index contributed by atoms with van der Waals surface area (Å²) in [6.45, 7) is 8.36. The molecule has 8 heteroatoms. The highest BCUT2D eigenvalue weighted by molar-refractivity contribution is 7.99. The molecule has 31 heavy (non-hydrogen) atoms. The van der Waals surface area contributed by atoms with Gasteiger partial charge in [0.1, 0.15) is 0 Å². The second-order valence-corrected chi connectivity index (χ2v) is 8.47. The first-order valence-electron chi connectivity index (χ1n) is 9.97. The molecular formula is C23H25N7S. The second kappa shape index (κ2) is 8.77. The van der Waals surface area contributed by atoms with Crippen molar-refractivity contribution in [3.8, 4) is 0 Å². The molecule has 0 amide bonds. The Morgan fingerprint density at radius 3 is 1.74 bits per heavy atom. The van der Waals surface area contributed by atoms with Gasteiger partial charge in [-0.3, -0.25) is 0 Å². The highest BCUT2D eigenvalue weighted by atomic mass is 32.2. The van der Waals surface area contributed by atoms with Gasteiger partial charge in [-0.25, -0.2) is 4.98 Å². The molecule has 0 aliphatic heterocycles. The third kappa shape index (κ3) is 5.03. The molecule has 0 atom stereocenters. The van der Waals surface area contributed by atoms with Crippen molar-refractivity contribution < 1.29 is 0 Å². The summed E-state index contributed by atoms with van der Waals surface area (Å²) in [5.41, 5.74) is 6.75. The molecule has 0 saturated carbocycles. The number of rotatable bonds is 6. The summed E-state index contributed by atoms with van der Waals surface area (Å²) in [4.78, 5) is 18.2. The van der Waals surface area contributed by atoms with E-state index in [0.717, 1.165) is 16.5 Å². The molecule has 7 nitrogen and oxygen atoms in total. The fourth-order valence-electron chi connectivity index (χ4n) is 2.94. The topological polar surface area (TPSA) is 80.5 Å². The zero-order chi connectivity index (χ0) is 22.0. The molecule has 4 rings (SSSR count). The van der Waals surface area contributed by atoms with Gasteiger partial charge >= 0.3 is 0 Å². The lowest BCUT2D eigenvalue weighted by atomic mass is 10.1. The highest BCUT2D eigenvalue weighted by Crippen LogP contribution is 2.27. The summed E-state index contributed by atoms with van der Waals surface area (Å²) in [6, 6.07) is 12.4. The van der Waals surface area contributed by atoms with Crippen LogP contribution >= 0.6 is 11.8 Å². The lowest BCUT2D eigenvalue weighted by Crippen LogP contribution is -2.06. The molecule has 0 saturated heterocycles. The van der Waals surface area contributed by atoms with Gasteiger partial charge in [0, 0.05) is 30.8 Å². The predicted octanol–water partition coefficient (Wildman–Crippen LogP) is 5.48. The quantitative estimate of drug-likeness (QED) is 0.418. The molecule has 0 fully saturated rings. The normalized spacial score (nSPS) is 10.9. The fourth-order valence-corrected chi connectivity index (χ4v) is 3.69. The van der Waals surface area contributed by atoms with E-state index >= 15 is 0 Å². The Bertz CT molecular complexity index is 1160. The first-order valence-corrected chi connectivity index (χ1v) is 10.8. The average molecular weight is 432 g/mol. The summed E-state index contributed by atoms with van der Waals surface area (Å²) in [5, 5.41) is 7.98. The van der Waals surface area contributed by atoms with Crippen LogP contribution in [0.15, 0.2) is 59.1 Å². The number of hydrogen-bond donors (Lipinski definition) is 2. The van der Waals surface area contributed by atoms with Crippen LogP contribution in [-0.2, 0) is 7.05 Å². The molecule has 0 aliphatic rings. The zero-order valence-electron chi connectivity index (χ0n) is 18.3. The number of anilines is 4. The summed E-state index contributed by atoms with van der Waals surface area (Å²) >= 11 is 1.39. The summed E-state index contributed by atoms with van der Waals surface area (Å²) in [7, 11) is 1.94. The predicted molar refractivity (Wildman–Crippen MR) is 126 cm³/mol. The van der Waals surface area contributed by atoms with Gasteiger partial charge in [-0.1, -0.05) is 12.1 Å². The Hall–Kier alpha value is -3.39. The smallest absolute Gasteiger partial charge is 0.233 e. The molecule has 0 radical (unpaired) electrons. The second-order valence-electron chi connectivity index (χ2n) is 7.54. The Morgan fingerprint density at radius 1 is 0.742 bits per heavy atom. The first-order chi connectivity index (χ1) is 14.9. The van der Waals surface area contributed by atoms with E-state index in [4.69, 9.17) is 0 Å². The van der Waals surface area contributed by atoms with E-state index in [-0.39, 0.29) is 0 Å². The van der Waals surface area contributed by atoms with Crippen LogP contribution in [-0.4, -0.2) is 24.5 Å². The Kier molecular flexibility index (Phi) is 5.90. The third-order valence-electron chi connectivity index (χ3n) is 5.10. The minimum atomic E-state index is 0.473. The number of aromatic nitrogens is 5. The molecule has 2 heterocycles. The van der Waals surface area contributed by atoms with Crippen LogP contribution in [0.25, 0.3) is 0 Å². The van der Waals surface area contributed by atoms with Gasteiger partial charge in [0.2, 0.25) is 17.1 Å². The number of benzene rings is 2. The number of hydrogen-bond acceptors (Lipinski definition) is 7. The molecular weight excluding hydrogens is 406 g/mol. The Balaban J connectivity index is 1.67. The van der Waals surface area contributed by atoms with Gasteiger partial charge in [-0.2, -0.15) is 15.0 Å². The molecule has 0 spiro atoms. The number of nitrogens with one attached hydrogen (secondary N) is 2. The van der Waals surface area contributed by atoms with E-state index in [9.17, 15) is 0 Å². The van der Waals surface area contributed by atoms with Gasteiger partial charge < -0.3 is 15.2 Å². The molecule has 0 unspecified atom stereocenters. The highest BCUT2D eigenvalue weighted by Gasteiger charge is 2.12. The molecule has 158 valence electrons. The van der Waals surface area contributed by atoms with Gasteiger partial charge in [0.05, 0.1) is 0 Å². The van der Waals surface area contributed by atoms with Crippen LogP contribution in [0.5, 0.6) is 0 Å². The SMILES string of the molecule is Cc1ccc(Nc2nc(Nc3ccc(C)c(C)c3)nc(Sc3nccn3C)n2)cc1C. The van der Waals surface area contributed by atoms with Crippen molar-refractivity contribution in [2.45, 2.75) is 38.0 Å². The van der Waals surface area contributed by atoms with E-state index in [2.05, 4.69) is 82.5 Å². The van der Waals surface area contributed by atoms with E-state index in [1.807, 2.05) is 29.9 Å². The van der Waals surface area contributed by atoms with E-state index in [1.54, 1.807) is 6.20 Å². The Morgan fingerprint density at radius 2 is 1.29 bits per heavy atom. The van der Waals surface area contributed by atoms with Gasteiger partial charge in [0.25, 0.3) is 0 Å². The molecule has 2 aromatic carbocycles. The van der Waals surface area contributed by atoms with Crippen molar-refractivity contribution in [1.82, 2.24) is 24.5 Å². The van der Waals surface area contributed by atoms with Crippen LogP contribution in [0.2, 0.25) is 0 Å². The standard InChI is InChI=1S/C23H25N7S/c1-14-6-8-18(12-16(14)3)25-20-27-21(26-19-9-7-15(2)17(4)13-19)29-22(28-20)31-23-24-10-11-30(23)5/h6-13H,1-5H3,(H2,25,26,27,28,29). The van der Waals surface area contributed by atoms with Crippen molar-refractivity contribution in [1.29, 1.82) is 0 Å². The summed E-state index contributed by atoms with van der Waals surface area (Å²) in [5.74, 6) is 0.947. The van der Waals surface area contributed by atoms with Crippen molar-refractivity contribution in [3.63, 3.8) is 0 Å². The Labute approximate surface area is 186 Å². The minimum absolute atomic E-state index is 0.473. The van der Waals surface area contributed by atoms with Gasteiger partial charge in [-0.15, -0.1) is 0 Å². The molecule has 0 aliphatic carbocycles. The van der Waals surface area contributed by atoms with Crippen molar-refractivity contribution in [3.05, 3.63) is 71.0 Å².